The van der Waals surface area contributed by atoms with Crippen molar-refractivity contribution < 1.29 is 0 Å². The number of allylic oxidation sites excluding steroid dienone is 2. The van der Waals surface area contributed by atoms with E-state index in [2.05, 4.69) is 5.32 Å². The van der Waals surface area contributed by atoms with Gasteiger partial charge in [-0.05, 0) is 25.2 Å². The molecule has 0 unspecified atom stereocenters. The molecule has 0 aliphatic carbocycles. The normalized spacial score (nSPS) is 11.3. The van der Waals surface area contributed by atoms with Crippen molar-refractivity contribution in [1.82, 2.24) is 5.32 Å². The smallest absolute Gasteiger partial charge is 0.00277 e. The Morgan fingerprint density at radius 3 is 2.78 bits per heavy atom. The summed E-state index contributed by atoms with van der Waals surface area (Å²) in [5.74, 6) is 0. The second kappa shape index (κ2) is 7.24. The molecule has 2 heteroatoms. The topological polar surface area (TPSA) is 38.0 Å². The molecule has 0 radical (unpaired) electrons. The summed E-state index contributed by atoms with van der Waals surface area (Å²) >= 11 is 0. The van der Waals surface area contributed by atoms with Crippen LogP contribution in [0.5, 0.6) is 0 Å². The van der Waals surface area contributed by atoms with Crippen molar-refractivity contribution in [1.29, 1.82) is 0 Å². The third kappa shape index (κ3) is 7.24. The van der Waals surface area contributed by atoms with Crippen molar-refractivity contribution >= 4 is 0 Å². The van der Waals surface area contributed by atoms with Crippen LogP contribution in [-0.2, 0) is 0 Å². The van der Waals surface area contributed by atoms with Crippen molar-refractivity contribution in [2.24, 2.45) is 5.73 Å². The number of hydrogen-bond acceptors (Lipinski definition) is 2. The third-order valence-corrected chi connectivity index (χ3v) is 0.843. The highest BCUT2D eigenvalue weighted by atomic mass is 14.8. The lowest BCUT2D eigenvalue weighted by Crippen LogP contribution is -1.95. The van der Waals surface area contributed by atoms with Gasteiger partial charge in [0, 0.05) is 7.05 Å². The molecular formula is C7H14N2. The zero-order valence-corrected chi connectivity index (χ0v) is 5.80. The summed E-state index contributed by atoms with van der Waals surface area (Å²) < 4.78 is 0. The summed E-state index contributed by atoms with van der Waals surface area (Å²) in [5, 5.41) is 2.88. The van der Waals surface area contributed by atoms with Crippen LogP contribution in [0, 0.1) is 0 Å². The molecule has 0 saturated heterocycles. The van der Waals surface area contributed by atoms with Crippen molar-refractivity contribution in [3.8, 4) is 0 Å². The monoisotopic (exact) mass is 126 g/mol. The van der Waals surface area contributed by atoms with E-state index in [-0.39, 0.29) is 0 Å². The van der Waals surface area contributed by atoms with Gasteiger partial charge in [-0.25, -0.2) is 0 Å². The molecule has 0 rings (SSSR count). The molecule has 0 saturated carbocycles. The SMILES string of the molecule is CN/C=C\C=C/CCN. The Kier molecular flexibility index (Phi) is 6.63. The first kappa shape index (κ1) is 8.24. The molecule has 52 valence electrons. The fourth-order valence-electron chi connectivity index (χ4n) is 0.423. The third-order valence-electron chi connectivity index (χ3n) is 0.843. The van der Waals surface area contributed by atoms with E-state index in [4.69, 9.17) is 5.73 Å². The largest absolute Gasteiger partial charge is 0.394 e. The van der Waals surface area contributed by atoms with E-state index in [1.807, 2.05) is 31.5 Å². The van der Waals surface area contributed by atoms with Gasteiger partial charge >= 0.3 is 0 Å². The van der Waals surface area contributed by atoms with Gasteiger partial charge in [-0.15, -0.1) is 0 Å². The van der Waals surface area contributed by atoms with E-state index in [1.165, 1.54) is 0 Å². The van der Waals surface area contributed by atoms with E-state index in [1.54, 1.807) is 0 Å². The van der Waals surface area contributed by atoms with Crippen molar-refractivity contribution in [3.63, 3.8) is 0 Å². The predicted octanol–water partition coefficient (Wildman–Crippen LogP) is 0.625. The predicted molar refractivity (Wildman–Crippen MR) is 41.0 cm³/mol. The van der Waals surface area contributed by atoms with Crippen molar-refractivity contribution in [2.45, 2.75) is 6.42 Å². The number of rotatable bonds is 4. The molecule has 0 atom stereocenters. The van der Waals surface area contributed by atoms with Gasteiger partial charge in [0.15, 0.2) is 0 Å². The summed E-state index contributed by atoms with van der Waals surface area (Å²) in [4.78, 5) is 0. The van der Waals surface area contributed by atoms with E-state index >= 15 is 0 Å². The van der Waals surface area contributed by atoms with Gasteiger partial charge in [0.2, 0.25) is 0 Å². The van der Waals surface area contributed by atoms with Crippen molar-refractivity contribution in [3.05, 3.63) is 24.4 Å². The second-order valence-electron chi connectivity index (χ2n) is 1.65. The summed E-state index contributed by atoms with van der Waals surface area (Å²) in [5.41, 5.74) is 5.25. The lowest BCUT2D eigenvalue weighted by molar-refractivity contribution is 1.01. The average molecular weight is 126 g/mol. The minimum atomic E-state index is 0.726. The van der Waals surface area contributed by atoms with E-state index in [0.717, 1.165) is 13.0 Å². The van der Waals surface area contributed by atoms with Gasteiger partial charge in [0.05, 0.1) is 0 Å². The van der Waals surface area contributed by atoms with Crippen LogP contribution in [0.2, 0.25) is 0 Å². The van der Waals surface area contributed by atoms with E-state index in [0.29, 0.717) is 0 Å². The molecule has 0 fully saturated rings. The first-order valence-corrected chi connectivity index (χ1v) is 3.11. The first-order valence-electron chi connectivity index (χ1n) is 3.11. The maximum absolute atomic E-state index is 5.25. The van der Waals surface area contributed by atoms with E-state index in [9.17, 15) is 0 Å². The number of nitrogens with two attached hydrogens (primary N) is 1. The maximum Gasteiger partial charge on any atom is 0.00277 e. The summed E-state index contributed by atoms with van der Waals surface area (Å²) in [7, 11) is 1.87. The molecule has 9 heavy (non-hydrogen) atoms. The van der Waals surface area contributed by atoms with Crippen LogP contribution in [0.3, 0.4) is 0 Å². The Hall–Kier alpha value is -0.760. The Balaban J connectivity index is 3.13. The highest BCUT2D eigenvalue weighted by molar-refractivity contribution is 5.01. The van der Waals surface area contributed by atoms with Gasteiger partial charge in [-0.3, -0.25) is 0 Å². The molecule has 0 aliphatic rings. The molecule has 0 aromatic carbocycles. The van der Waals surface area contributed by atoms with Crippen LogP contribution in [-0.4, -0.2) is 13.6 Å². The van der Waals surface area contributed by atoms with Gasteiger partial charge < -0.3 is 11.1 Å². The zero-order chi connectivity index (χ0) is 6.95. The fourth-order valence-corrected chi connectivity index (χ4v) is 0.423. The number of nitrogens with one attached hydrogen (secondary N) is 1. The molecule has 0 aliphatic heterocycles. The van der Waals surface area contributed by atoms with E-state index < -0.39 is 0 Å². The van der Waals surface area contributed by atoms with Crippen molar-refractivity contribution in [2.75, 3.05) is 13.6 Å². The maximum atomic E-state index is 5.25. The van der Waals surface area contributed by atoms with Crippen LogP contribution in [0.25, 0.3) is 0 Å². The van der Waals surface area contributed by atoms with Gasteiger partial charge in [0.25, 0.3) is 0 Å². The minimum Gasteiger partial charge on any atom is -0.394 e. The Morgan fingerprint density at radius 2 is 2.22 bits per heavy atom. The van der Waals surface area contributed by atoms with Crippen LogP contribution < -0.4 is 11.1 Å². The highest BCUT2D eigenvalue weighted by Gasteiger charge is 1.67. The molecule has 0 amide bonds. The van der Waals surface area contributed by atoms with Gasteiger partial charge in [-0.1, -0.05) is 12.2 Å². The molecule has 0 bridgehead atoms. The summed E-state index contributed by atoms with van der Waals surface area (Å²) in [6.07, 6.45) is 8.77. The molecule has 0 aromatic heterocycles. The average Bonchev–Trinajstić information content (AvgIpc) is 1.89. The summed E-state index contributed by atoms with van der Waals surface area (Å²) in [6, 6.07) is 0. The number of hydrogen-bond donors (Lipinski definition) is 2. The fraction of sp³-hybridized carbons (Fsp3) is 0.429. The highest BCUT2D eigenvalue weighted by Crippen LogP contribution is 1.78. The molecule has 0 heterocycles. The van der Waals surface area contributed by atoms with Gasteiger partial charge in [0.1, 0.15) is 0 Å². The standard InChI is InChI=1S/C7H14N2/c1-9-7-5-3-2-4-6-8/h2-3,5,7,9H,4,6,8H2,1H3/b3-2-,7-5-. The first-order chi connectivity index (χ1) is 4.41. The molecule has 2 nitrogen and oxygen atoms in total. The van der Waals surface area contributed by atoms with Crippen LogP contribution >= 0.6 is 0 Å². The Morgan fingerprint density at radius 1 is 1.44 bits per heavy atom. The minimum absolute atomic E-state index is 0.726. The molecular weight excluding hydrogens is 112 g/mol. The second-order valence-corrected chi connectivity index (χ2v) is 1.65. The zero-order valence-electron chi connectivity index (χ0n) is 5.80. The molecule has 3 N–H and O–H groups in total. The lowest BCUT2D eigenvalue weighted by atomic mass is 10.4. The van der Waals surface area contributed by atoms with Crippen LogP contribution in [0.15, 0.2) is 24.4 Å². The molecule has 0 aromatic rings. The Bertz CT molecular complexity index is 95.1. The Labute approximate surface area is 56.4 Å². The summed E-state index contributed by atoms with van der Waals surface area (Å²) in [6.45, 7) is 0.726. The van der Waals surface area contributed by atoms with Crippen LogP contribution in [0.4, 0.5) is 0 Å². The van der Waals surface area contributed by atoms with Crippen LogP contribution in [0.1, 0.15) is 6.42 Å². The van der Waals surface area contributed by atoms with Gasteiger partial charge in [-0.2, -0.15) is 0 Å². The lowest BCUT2D eigenvalue weighted by Gasteiger charge is -1.82. The quantitative estimate of drug-likeness (QED) is 0.542. The molecule has 0 spiro atoms.